The lowest BCUT2D eigenvalue weighted by atomic mass is 9.72. The number of carbonyl (C=O) groups excluding carboxylic acids is 1. The number of hydrogen-bond acceptors (Lipinski definition) is 2. The predicted molar refractivity (Wildman–Crippen MR) is 149 cm³/mol. The Kier molecular flexibility index (Phi) is 13.2. The van der Waals surface area contributed by atoms with Crippen LogP contribution in [0.4, 0.5) is 0 Å². The normalized spacial score (nSPS) is 19.8. The largest absolute Gasteiger partial charge is 0.508 e. The number of aliphatic hydroxyl groups is 1. The fourth-order valence-corrected chi connectivity index (χ4v) is 4.82. The second-order valence-corrected chi connectivity index (χ2v) is 11.3. The zero-order valence-electron chi connectivity index (χ0n) is 23.2. The first kappa shape index (κ1) is 29.9. The van der Waals surface area contributed by atoms with Crippen molar-refractivity contribution < 1.29 is 9.90 Å². The molecule has 34 heavy (non-hydrogen) atoms. The Morgan fingerprint density at radius 3 is 2.38 bits per heavy atom. The fraction of sp³-hybridized carbons (Fsp3) is 0.594. The summed E-state index contributed by atoms with van der Waals surface area (Å²) in [5.74, 6) is 1.62. The Morgan fingerprint density at radius 1 is 1.06 bits per heavy atom. The lowest BCUT2D eigenvalue weighted by Gasteiger charge is -2.32. The van der Waals surface area contributed by atoms with Crippen molar-refractivity contribution in [2.24, 2.45) is 17.3 Å². The highest BCUT2D eigenvalue weighted by Gasteiger charge is 2.26. The number of rotatable bonds is 13. The molecule has 2 atom stereocenters. The van der Waals surface area contributed by atoms with Gasteiger partial charge >= 0.3 is 0 Å². The van der Waals surface area contributed by atoms with E-state index >= 15 is 0 Å². The molecule has 0 fully saturated rings. The van der Waals surface area contributed by atoms with Crippen molar-refractivity contribution in [1.82, 2.24) is 0 Å². The average Bonchev–Trinajstić information content (AvgIpc) is 2.70. The molecule has 0 amide bonds. The molecule has 0 aromatic rings. The summed E-state index contributed by atoms with van der Waals surface area (Å²) in [7, 11) is 0. The lowest BCUT2D eigenvalue weighted by Crippen LogP contribution is -2.19. The van der Waals surface area contributed by atoms with Crippen LogP contribution in [0.25, 0.3) is 0 Å². The van der Waals surface area contributed by atoms with Crippen LogP contribution in [-0.4, -0.2) is 10.9 Å². The van der Waals surface area contributed by atoms with E-state index < -0.39 is 0 Å². The Hall–Kier alpha value is -2.09. The molecule has 0 saturated carbocycles. The molecule has 0 aliphatic heterocycles. The van der Waals surface area contributed by atoms with E-state index in [1.807, 2.05) is 25.2 Å². The Balaban J connectivity index is 2.53. The number of ketones is 1. The van der Waals surface area contributed by atoms with Gasteiger partial charge in [0.1, 0.15) is 11.5 Å². The van der Waals surface area contributed by atoms with Crippen molar-refractivity contribution in [2.45, 2.75) is 107 Å². The van der Waals surface area contributed by atoms with Crippen LogP contribution in [0.2, 0.25) is 0 Å². The quantitative estimate of drug-likeness (QED) is 0.216. The standard InChI is InChI=1S/C32H50O2/c1-24(12-9-14-26(3)22-29(6)33)17-19-30(34)23-27(4)15-10-13-25(2)18-20-31-28(5)16-11-21-32(31,7)8/h10,13,15,18-20,23-24,26,34H,9,11-12,14,16-17,21-22H2,1-8H3/b15-10+,20-18+,25-13+,27-23+,30-19-. The molecule has 0 aromatic carbocycles. The summed E-state index contributed by atoms with van der Waals surface area (Å²) in [5.41, 5.74) is 5.52. The van der Waals surface area contributed by atoms with Gasteiger partial charge in [-0.3, -0.25) is 0 Å². The molecule has 190 valence electrons. The molecule has 0 aromatic heterocycles. The van der Waals surface area contributed by atoms with Crippen molar-refractivity contribution >= 4 is 5.78 Å². The number of carbonyl (C=O) groups is 1. The zero-order chi connectivity index (χ0) is 25.7. The third-order valence-corrected chi connectivity index (χ3v) is 6.91. The molecule has 1 aliphatic carbocycles. The molecule has 0 saturated heterocycles. The van der Waals surface area contributed by atoms with Gasteiger partial charge in [0.15, 0.2) is 0 Å². The van der Waals surface area contributed by atoms with Crippen molar-refractivity contribution in [2.75, 3.05) is 0 Å². The topological polar surface area (TPSA) is 37.3 Å². The molecule has 0 spiro atoms. The van der Waals surface area contributed by atoms with Crippen molar-refractivity contribution in [3.05, 3.63) is 70.6 Å². The number of aliphatic hydroxyl groups excluding tert-OH is 1. The molecule has 1 aliphatic rings. The van der Waals surface area contributed by atoms with Crippen molar-refractivity contribution in [1.29, 1.82) is 0 Å². The molecule has 1 rings (SSSR count). The summed E-state index contributed by atoms with van der Waals surface area (Å²) < 4.78 is 0. The first-order valence-electron chi connectivity index (χ1n) is 13.2. The summed E-state index contributed by atoms with van der Waals surface area (Å²) in [5, 5.41) is 10.3. The second-order valence-electron chi connectivity index (χ2n) is 11.3. The van der Waals surface area contributed by atoms with Crippen molar-refractivity contribution in [3.8, 4) is 0 Å². The van der Waals surface area contributed by atoms with Gasteiger partial charge in [-0.25, -0.2) is 0 Å². The van der Waals surface area contributed by atoms with Gasteiger partial charge < -0.3 is 9.90 Å². The van der Waals surface area contributed by atoms with Crippen LogP contribution >= 0.6 is 0 Å². The minimum atomic E-state index is 0.267. The Bertz CT molecular complexity index is 842. The lowest BCUT2D eigenvalue weighted by molar-refractivity contribution is -0.117. The minimum Gasteiger partial charge on any atom is -0.508 e. The molecule has 2 unspecified atom stereocenters. The van der Waals surface area contributed by atoms with Gasteiger partial charge in [0.05, 0.1) is 0 Å². The van der Waals surface area contributed by atoms with Crippen LogP contribution in [0.5, 0.6) is 0 Å². The number of hydrogen-bond donors (Lipinski definition) is 1. The van der Waals surface area contributed by atoms with E-state index in [0.29, 0.717) is 24.0 Å². The molecule has 2 heteroatoms. The third kappa shape index (κ3) is 12.4. The zero-order valence-corrected chi connectivity index (χ0v) is 23.2. The third-order valence-electron chi connectivity index (χ3n) is 6.91. The van der Waals surface area contributed by atoms with E-state index in [1.54, 1.807) is 6.92 Å². The highest BCUT2D eigenvalue weighted by atomic mass is 16.3. The van der Waals surface area contributed by atoms with E-state index in [-0.39, 0.29) is 11.2 Å². The predicted octanol–water partition coefficient (Wildman–Crippen LogP) is 9.77. The van der Waals surface area contributed by atoms with Gasteiger partial charge in [-0.1, -0.05) is 88.5 Å². The second kappa shape index (κ2) is 15.0. The summed E-state index contributed by atoms with van der Waals surface area (Å²) >= 11 is 0. The smallest absolute Gasteiger partial charge is 0.130 e. The van der Waals surface area contributed by atoms with E-state index in [1.165, 1.54) is 36.0 Å². The summed E-state index contributed by atoms with van der Waals surface area (Å²) in [4.78, 5) is 11.2. The van der Waals surface area contributed by atoms with E-state index in [2.05, 4.69) is 65.8 Å². The van der Waals surface area contributed by atoms with Gasteiger partial charge in [-0.15, -0.1) is 0 Å². The molecule has 0 bridgehead atoms. The van der Waals surface area contributed by atoms with Gasteiger partial charge in [-0.05, 0) is 93.9 Å². The first-order valence-corrected chi connectivity index (χ1v) is 13.2. The summed E-state index contributed by atoms with van der Waals surface area (Å²) in [6.07, 6.45) is 23.2. The maximum atomic E-state index is 11.2. The van der Waals surface area contributed by atoms with Crippen LogP contribution in [0, 0.1) is 17.3 Å². The highest BCUT2D eigenvalue weighted by Crippen LogP contribution is 2.40. The van der Waals surface area contributed by atoms with Gasteiger partial charge in [-0.2, -0.15) is 0 Å². The molecule has 2 nitrogen and oxygen atoms in total. The minimum absolute atomic E-state index is 0.267. The number of Topliss-reactive ketones (excluding diaryl/α,β-unsaturated/α-hetero) is 1. The molecule has 1 N–H and O–H groups in total. The maximum absolute atomic E-state index is 11.2. The molecular formula is C32H50O2. The molecule has 0 heterocycles. The Morgan fingerprint density at radius 2 is 1.74 bits per heavy atom. The maximum Gasteiger partial charge on any atom is 0.130 e. The van der Waals surface area contributed by atoms with E-state index in [9.17, 15) is 9.90 Å². The summed E-state index contributed by atoms with van der Waals surface area (Å²) in [6, 6.07) is 0. The molecule has 0 radical (unpaired) electrons. The monoisotopic (exact) mass is 466 g/mol. The number of allylic oxidation sites excluding steroid dienone is 11. The fourth-order valence-electron chi connectivity index (χ4n) is 4.82. The van der Waals surface area contributed by atoms with E-state index in [0.717, 1.165) is 31.3 Å². The molecular weight excluding hydrogens is 416 g/mol. The van der Waals surface area contributed by atoms with E-state index in [4.69, 9.17) is 0 Å². The first-order chi connectivity index (χ1) is 15.9. The SMILES string of the molecule is CC(=O)CC(C)CCCC(C)C/C=C(O)/C=C(C)/C=C/C=C(C)/C=C/C1=C(C)CCCC1(C)C. The van der Waals surface area contributed by atoms with Crippen LogP contribution in [0.3, 0.4) is 0 Å². The van der Waals surface area contributed by atoms with Crippen LogP contribution < -0.4 is 0 Å². The van der Waals surface area contributed by atoms with Gasteiger partial charge in [0, 0.05) is 6.42 Å². The van der Waals surface area contributed by atoms with Crippen LogP contribution in [0.1, 0.15) is 107 Å². The highest BCUT2D eigenvalue weighted by molar-refractivity contribution is 5.75. The van der Waals surface area contributed by atoms with Gasteiger partial charge in [0.2, 0.25) is 0 Å². The Labute approximate surface area is 210 Å². The van der Waals surface area contributed by atoms with Crippen LogP contribution in [0.15, 0.2) is 70.6 Å². The van der Waals surface area contributed by atoms with Crippen LogP contribution in [-0.2, 0) is 4.79 Å². The van der Waals surface area contributed by atoms with Crippen molar-refractivity contribution in [3.63, 3.8) is 0 Å². The van der Waals surface area contributed by atoms with Gasteiger partial charge in [0.25, 0.3) is 0 Å². The summed E-state index contributed by atoms with van der Waals surface area (Å²) in [6.45, 7) is 17.2. The average molecular weight is 467 g/mol.